The topological polar surface area (TPSA) is 47.3 Å². The summed E-state index contributed by atoms with van der Waals surface area (Å²) in [5, 5.41) is 9.30. The van der Waals surface area contributed by atoms with Crippen molar-refractivity contribution < 1.29 is 4.79 Å². The summed E-state index contributed by atoms with van der Waals surface area (Å²) in [4.78, 5) is 17.1. The van der Waals surface area contributed by atoms with Crippen molar-refractivity contribution in [3.8, 4) is 6.07 Å². The Morgan fingerprint density at radius 3 is 2.79 bits per heavy atom. The fourth-order valence-electron chi connectivity index (χ4n) is 3.23. The fourth-order valence-corrected chi connectivity index (χ4v) is 3.23. The molecule has 3 unspecified atom stereocenters. The third kappa shape index (κ3) is 2.62. The summed E-state index contributed by atoms with van der Waals surface area (Å²) in [5.74, 6) is 0.0234. The molecule has 0 saturated carbocycles. The molecule has 0 bridgehead atoms. The van der Waals surface area contributed by atoms with Crippen molar-refractivity contribution in [2.45, 2.75) is 58.5 Å². The highest BCUT2D eigenvalue weighted by Gasteiger charge is 2.41. The molecular weight excluding hydrogens is 238 g/mol. The Bertz CT molecular complexity index is 389. The lowest BCUT2D eigenvalue weighted by atomic mass is 9.86. The summed E-state index contributed by atoms with van der Waals surface area (Å²) in [6.07, 6.45) is 4.31. The van der Waals surface area contributed by atoms with Crippen molar-refractivity contribution in [3.05, 3.63) is 0 Å². The SMILES string of the molecule is CCC(C)(C#N)C(=O)N1CC2CCCCN2CC1C. The molecule has 0 aromatic carbocycles. The van der Waals surface area contributed by atoms with Crippen molar-refractivity contribution in [2.24, 2.45) is 5.41 Å². The number of nitrogens with zero attached hydrogens (tertiary/aromatic N) is 3. The first-order valence-electron chi connectivity index (χ1n) is 7.48. The molecule has 0 N–H and O–H groups in total. The van der Waals surface area contributed by atoms with Gasteiger partial charge in [-0.15, -0.1) is 0 Å². The average Bonchev–Trinajstić information content (AvgIpc) is 2.45. The minimum Gasteiger partial charge on any atom is -0.336 e. The zero-order chi connectivity index (χ0) is 14.0. The maximum absolute atomic E-state index is 12.7. The van der Waals surface area contributed by atoms with Crippen LogP contribution in [0, 0.1) is 16.7 Å². The Morgan fingerprint density at radius 1 is 1.42 bits per heavy atom. The van der Waals surface area contributed by atoms with Gasteiger partial charge in [-0.1, -0.05) is 13.3 Å². The largest absolute Gasteiger partial charge is 0.336 e. The van der Waals surface area contributed by atoms with Gasteiger partial charge >= 0.3 is 0 Å². The molecule has 4 nitrogen and oxygen atoms in total. The maximum atomic E-state index is 12.7. The molecule has 2 fully saturated rings. The average molecular weight is 263 g/mol. The standard InChI is InChI=1S/C15H25N3O/c1-4-15(3,11-16)14(19)18-10-13-7-5-6-8-17(13)9-12(18)2/h12-13H,4-10H2,1-3H3. The second-order valence-corrected chi connectivity index (χ2v) is 6.25. The minimum absolute atomic E-state index is 0.0234. The number of carbonyl (C=O) groups is 1. The molecule has 1 amide bonds. The van der Waals surface area contributed by atoms with Gasteiger partial charge in [-0.3, -0.25) is 9.69 Å². The highest BCUT2D eigenvalue weighted by atomic mass is 16.2. The lowest BCUT2D eigenvalue weighted by molar-refractivity contribution is -0.145. The van der Waals surface area contributed by atoms with Crippen LogP contribution in [0.25, 0.3) is 0 Å². The monoisotopic (exact) mass is 263 g/mol. The van der Waals surface area contributed by atoms with Gasteiger partial charge in [0.15, 0.2) is 0 Å². The number of rotatable bonds is 2. The zero-order valence-corrected chi connectivity index (χ0v) is 12.4. The summed E-state index contributed by atoms with van der Waals surface area (Å²) in [5.41, 5.74) is -0.856. The Morgan fingerprint density at radius 2 is 2.16 bits per heavy atom. The number of hydrogen-bond acceptors (Lipinski definition) is 3. The molecule has 2 rings (SSSR count). The Balaban J connectivity index is 2.12. The first kappa shape index (κ1) is 14.3. The first-order valence-corrected chi connectivity index (χ1v) is 7.48. The molecular formula is C15H25N3O. The predicted octanol–water partition coefficient (Wildman–Crippen LogP) is 2.01. The summed E-state index contributed by atoms with van der Waals surface area (Å²) in [6.45, 7) is 8.73. The second kappa shape index (κ2) is 5.50. The Kier molecular flexibility index (Phi) is 4.15. The van der Waals surface area contributed by atoms with Gasteiger partial charge in [0, 0.05) is 25.2 Å². The van der Waals surface area contributed by atoms with E-state index in [0.717, 1.165) is 13.1 Å². The van der Waals surface area contributed by atoms with E-state index in [1.165, 1.54) is 25.8 Å². The highest BCUT2D eigenvalue weighted by molar-refractivity contribution is 5.85. The number of nitriles is 1. The van der Waals surface area contributed by atoms with E-state index >= 15 is 0 Å². The van der Waals surface area contributed by atoms with Crippen LogP contribution in [-0.4, -0.2) is 47.4 Å². The smallest absolute Gasteiger partial charge is 0.243 e. The molecule has 0 spiro atoms. The lowest BCUT2D eigenvalue weighted by Gasteiger charge is -2.48. The van der Waals surface area contributed by atoms with E-state index in [4.69, 9.17) is 0 Å². The van der Waals surface area contributed by atoms with E-state index < -0.39 is 5.41 Å². The van der Waals surface area contributed by atoms with E-state index in [9.17, 15) is 10.1 Å². The quantitative estimate of drug-likeness (QED) is 0.765. The number of carbonyl (C=O) groups excluding carboxylic acids is 1. The number of fused-ring (bicyclic) bond motifs is 1. The van der Waals surface area contributed by atoms with Crippen LogP contribution in [0.5, 0.6) is 0 Å². The van der Waals surface area contributed by atoms with Gasteiger partial charge in [-0.2, -0.15) is 5.26 Å². The lowest BCUT2D eigenvalue weighted by Crippen LogP contribution is -2.61. The molecule has 4 heteroatoms. The molecule has 0 aromatic heterocycles. The third-order valence-corrected chi connectivity index (χ3v) is 4.87. The van der Waals surface area contributed by atoms with E-state index in [-0.39, 0.29) is 11.9 Å². The van der Waals surface area contributed by atoms with Crippen LogP contribution in [0.4, 0.5) is 0 Å². The molecule has 2 aliphatic rings. The van der Waals surface area contributed by atoms with Gasteiger partial charge in [0.05, 0.1) is 6.07 Å². The van der Waals surface area contributed by atoms with Crippen molar-refractivity contribution in [1.29, 1.82) is 5.26 Å². The van der Waals surface area contributed by atoms with E-state index in [1.807, 2.05) is 11.8 Å². The summed E-state index contributed by atoms with van der Waals surface area (Å²) < 4.78 is 0. The minimum atomic E-state index is -0.856. The summed E-state index contributed by atoms with van der Waals surface area (Å²) in [7, 11) is 0. The second-order valence-electron chi connectivity index (χ2n) is 6.25. The maximum Gasteiger partial charge on any atom is 0.243 e. The number of piperidine rings is 1. The molecule has 2 aliphatic heterocycles. The number of hydrogen-bond donors (Lipinski definition) is 0. The molecule has 0 radical (unpaired) electrons. The molecule has 2 heterocycles. The number of amides is 1. The van der Waals surface area contributed by atoms with E-state index in [2.05, 4.69) is 17.9 Å². The van der Waals surface area contributed by atoms with Crippen LogP contribution in [-0.2, 0) is 4.79 Å². The highest BCUT2D eigenvalue weighted by Crippen LogP contribution is 2.29. The van der Waals surface area contributed by atoms with Crippen molar-refractivity contribution in [2.75, 3.05) is 19.6 Å². The van der Waals surface area contributed by atoms with Crippen molar-refractivity contribution >= 4 is 5.91 Å². The molecule has 0 aromatic rings. The summed E-state index contributed by atoms with van der Waals surface area (Å²) >= 11 is 0. The van der Waals surface area contributed by atoms with Crippen LogP contribution in [0.15, 0.2) is 0 Å². The molecule has 106 valence electrons. The predicted molar refractivity (Wildman–Crippen MR) is 74.4 cm³/mol. The van der Waals surface area contributed by atoms with Gasteiger partial charge in [-0.25, -0.2) is 0 Å². The van der Waals surface area contributed by atoms with Crippen LogP contribution >= 0.6 is 0 Å². The van der Waals surface area contributed by atoms with Crippen LogP contribution in [0.3, 0.4) is 0 Å². The van der Waals surface area contributed by atoms with Gasteiger partial charge in [0.1, 0.15) is 5.41 Å². The van der Waals surface area contributed by atoms with E-state index in [0.29, 0.717) is 12.5 Å². The number of piperazine rings is 1. The van der Waals surface area contributed by atoms with Crippen molar-refractivity contribution in [3.63, 3.8) is 0 Å². The molecule has 3 atom stereocenters. The molecule has 2 saturated heterocycles. The molecule has 0 aliphatic carbocycles. The zero-order valence-electron chi connectivity index (χ0n) is 12.4. The summed E-state index contributed by atoms with van der Waals surface area (Å²) in [6, 6.07) is 2.94. The fraction of sp³-hybridized carbons (Fsp3) is 0.867. The Hall–Kier alpha value is -1.08. The van der Waals surface area contributed by atoms with Crippen LogP contribution < -0.4 is 0 Å². The normalized spacial score (nSPS) is 31.2. The molecule has 19 heavy (non-hydrogen) atoms. The van der Waals surface area contributed by atoms with Crippen LogP contribution in [0.1, 0.15) is 46.5 Å². The van der Waals surface area contributed by atoms with Gasteiger partial charge in [-0.05, 0) is 39.7 Å². The van der Waals surface area contributed by atoms with Gasteiger partial charge in [0.25, 0.3) is 0 Å². The third-order valence-electron chi connectivity index (χ3n) is 4.87. The van der Waals surface area contributed by atoms with Crippen LogP contribution in [0.2, 0.25) is 0 Å². The van der Waals surface area contributed by atoms with E-state index in [1.54, 1.807) is 6.92 Å². The van der Waals surface area contributed by atoms with Gasteiger partial charge in [0.2, 0.25) is 5.91 Å². The first-order chi connectivity index (χ1) is 9.01. The van der Waals surface area contributed by atoms with Gasteiger partial charge < -0.3 is 4.90 Å². The Labute approximate surface area is 116 Å². The van der Waals surface area contributed by atoms with Crippen molar-refractivity contribution in [1.82, 2.24) is 9.80 Å².